The van der Waals surface area contributed by atoms with Crippen molar-refractivity contribution in [2.24, 2.45) is 0 Å². The Balaban J connectivity index is 2.09. The molecule has 0 amide bonds. The molecule has 1 unspecified atom stereocenters. The molecular weight excluding hydrogens is 440 g/mol. The molecule has 2 nitrogen and oxygen atoms in total. The highest BCUT2D eigenvalue weighted by Crippen LogP contribution is 2.61. The fourth-order valence-electron chi connectivity index (χ4n) is 5.60. The summed E-state index contributed by atoms with van der Waals surface area (Å²) in [7, 11) is 0. The van der Waals surface area contributed by atoms with E-state index in [1.165, 1.54) is 27.8 Å². The first-order chi connectivity index (χ1) is 17.4. The summed E-state index contributed by atoms with van der Waals surface area (Å²) in [5, 5.41) is 0. The molecule has 1 atom stereocenters. The molecule has 182 valence electrons. The van der Waals surface area contributed by atoms with E-state index >= 15 is 0 Å². The second kappa shape index (κ2) is 9.91. The molecule has 2 heteroatoms. The molecule has 0 bridgehead atoms. The molecule has 0 N–H and O–H groups in total. The molecule has 1 heterocycles. The van der Waals surface area contributed by atoms with Crippen molar-refractivity contribution in [2.75, 3.05) is 0 Å². The van der Waals surface area contributed by atoms with Gasteiger partial charge >= 0.3 is 0 Å². The zero-order chi connectivity index (χ0) is 26.0. The third-order valence-corrected chi connectivity index (χ3v) is 7.12. The van der Waals surface area contributed by atoms with E-state index in [0.29, 0.717) is 23.0 Å². The molecule has 0 aromatic heterocycles. The summed E-state index contributed by atoms with van der Waals surface area (Å²) in [6.45, 7) is 24.6. The van der Waals surface area contributed by atoms with E-state index in [1.807, 2.05) is 6.08 Å². The third-order valence-electron chi connectivity index (χ3n) is 7.12. The van der Waals surface area contributed by atoms with Gasteiger partial charge in [-0.25, -0.2) is 0 Å². The monoisotopic (exact) mass is 474 g/mol. The minimum Gasteiger partial charge on any atom is -0.450 e. The second-order valence-corrected chi connectivity index (χ2v) is 8.99. The van der Waals surface area contributed by atoms with Gasteiger partial charge in [0.15, 0.2) is 23.0 Å². The molecule has 1 aliphatic heterocycles. The average molecular weight is 475 g/mol. The van der Waals surface area contributed by atoms with E-state index in [2.05, 4.69) is 109 Å². The van der Waals surface area contributed by atoms with E-state index in [4.69, 9.17) is 9.47 Å². The smallest absolute Gasteiger partial charge is 0.169 e. The summed E-state index contributed by atoms with van der Waals surface area (Å²) in [5.74, 6) is 2.01. The SMILES string of the molecule is C=CC1=C(C=C)O/C(=C/C2=C(C)C(C=C)=C(/C=C\C)C23C(/C=C\CC)=C(C)c2ccccc23)C(=C)O1. The van der Waals surface area contributed by atoms with Crippen molar-refractivity contribution in [1.29, 1.82) is 0 Å². The van der Waals surface area contributed by atoms with E-state index < -0.39 is 5.41 Å². The average Bonchev–Trinajstić information content (AvgIpc) is 3.27. The molecule has 4 rings (SSSR count). The molecular formula is C34H34O2. The first kappa shape index (κ1) is 25.1. The number of hydrogen-bond donors (Lipinski definition) is 0. The highest BCUT2D eigenvalue weighted by molar-refractivity contribution is 5.90. The molecule has 36 heavy (non-hydrogen) atoms. The number of fused-ring (bicyclic) bond motifs is 2. The van der Waals surface area contributed by atoms with Crippen LogP contribution < -0.4 is 0 Å². The van der Waals surface area contributed by atoms with Crippen molar-refractivity contribution in [3.63, 3.8) is 0 Å². The Morgan fingerprint density at radius 1 is 0.861 bits per heavy atom. The first-order valence-electron chi connectivity index (χ1n) is 12.4. The predicted molar refractivity (Wildman–Crippen MR) is 152 cm³/mol. The van der Waals surface area contributed by atoms with Gasteiger partial charge in [-0.1, -0.05) is 87.9 Å². The molecule has 0 saturated heterocycles. The number of ether oxygens (including phenoxy) is 2. The Bertz CT molecular complexity index is 1390. The zero-order valence-electron chi connectivity index (χ0n) is 21.8. The molecule has 1 spiro atoms. The Morgan fingerprint density at radius 3 is 2.19 bits per heavy atom. The van der Waals surface area contributed by atoms with Crippen LogP contribution in [0.15, 0.2) is 150 Å². The van der Waals surface area contributed by atoms with Crippen LogP contribution in [0.25, 0.3) is 5.57 Å². The van der Waals surface area contributed by atoms with Gasteiger partial charge < -0.3 is 9.47 Å². The van der Waals surface area contributed by atoms with Crippen LogP contribution in [0, 0.1) is 0 Å². The number of hydrogen-bond acceptors (Lipinski definition) is 2. The molecule has 1 aromatic carbocycles. The second-order valence-electron chi connectivity index (χ2n) is 8.99. The predicted octanol–water partition coefficient (Wildman–Crippen LogP) is 9.09. The van der Waals surface area contributed by atoms with Crippen LogP contribution in [-0.4, -0.2) is 0 Å². The molecule has 1 aromatic rings. The number of allylic oxidation sites excluding steroid dienone is 14. The number of rotatable bonds is 7. The summed E-state index contributed by atoms with van der Waals surface area (Å²) in [5.41, 5.74) is 9.12. The first-order valence-corrected chi connectivity index (χ1v) is 12.4. The van der Waals surface area contributed by atoms with Crippen molar-refractivity contribution in [1.82, 2.24) is 0 Å². The minimum absolute atomic E-state index is 0.434. The van der Waals surface area contributed by atoms with Gasteiger partial charge in [0.25, 0.3) is 0 Å². The molecule has 2 aliphatic carbocycles. The van der Waals surface area contributed by atoms with Gasteiger partial charge in [0.1, 0.15) is 0 Å². The topological polar surface area (TPSA) is 18.5 Å². The van der Waals surface area contributed by atoms with E-state index in [1.54, 1.807) is 12.2 Å². The van der Waals surface area contributed by atoms with Gasteiger partial charge in [-0.05, 0) is 90.0 Å². The van der Waals surface area contributed by atoms with Gasteiger partial charge in [-0.2, -0.15) is 0 Å². The molecule has 0 radical (unpaired) electrons. The van der Waals surface area contributed by atoms with Gasteiger partial charge in [-0.15, -0.1) is 0 Å². The van der Waals surface area contributed by atoms with Crippen molar-refractivity contribution >= 4 is 5.57 Å². The highest BCUT2D eigenvalue weighted by atomic mass is 16.6. The molecule has 0 saturated carbocycles. The molecule has 0 fully saturated rings. The van der Waals surface area contributed by atoms with Crippen molar-refractivity contribution in [3.05, 3.63) is 161 Å². The Kier molecular flexibility index (Phi) is 6.90. The Labute approximate surface area is 215 Å². The van der Waals surface area contributed by atoms with Crippen LogP contribution in [0.5, 0.6) is 0 Å². The summed E-state index contributed by atoms with van der Waals surface area (Å²) in [6, 6.07) is 8.68. The van der Waals surface area contributed by atoms with Gasteiger partial charge in [0, 0.05) is 0 Å². The Hall–Kier alpha value is -4.04. The highest BCUT2D eigenvalue weighted by Gasteiger charge is 2.52. The van der Waals surface area contributed by atoms with E-state index in [-0.39, 0.29) is 0 Å². The van der Waals surface area contributed by atoms with Crippen LogP contribution in [0.4, 0.5) is 0 Å². The van der Waals surface area contributed by atoms with Gasteiger partial charge in [-0.3, -0.25) is 0 Å². The van der Waals surface area contributed by atoms with Crippen molar-refractivity contribution in [2.45, 2.75) is 39.5 Å². The summed E-state index contributed by atoms with van der Waals surface area (Å²) < 4.78 is 12.2. The summed E-state index contributed by atoms with van der Waals surface area (Å²) >= 11 is 0. The lowest BCUT2D eigenvalue weighted by Gasteiger charge is -2.34. The van der Waals surface area contributed by atoms with Gasteiger partial charge in [0.05, 0.1) is 5.41 Å². The standard InChI is InChI=1S/C34H34O2/c1-9-14-19-27-23(7)26-18-15-16-20-29(26)34(27)28(17-10-2)25(11-3)22(6)30(34)21-33-24(8)35-31(12-4)32(13-5)36-33/h10-21H,3-5,8-9H2,1-2,6-7H3/b17-10-,19-14-,33-21+. The third kappa shape index (κ3) is 3.56. The van der Waals surface area contributed by atoms with Crippen LogP contribution in [0.2, 0.25) is 0 Å². The lowest BCUT2D eigenvalue weighted by Crippen LogP contribution is -2.29. The van der Waals surface area contributed by atoms with Crippen LogP contribution in [-0.2, 0) is 14.9 Å². The molecule has 3 aliphatic rings. The fraction of sp³-hybridized carbons (Fsp3) is 0.176. The van der Waals surface area contributed by atoms with Crippen molar-refractivity contribution < 1.29 is 9.47 Å². The van der Waals surface area contributed by atoms with E-state index in [9.17, 15) is 0 Å². The summed E-state index contributed by atoms with van der Waals surface area (Å²) in [6.07, 6.45) is 17.1. The normalized spacial score (nSPS) is 22.9. The maximum atomic E-state index is 6.26. The summed E-state index contributed by atoms with van der Waals surface area (Å²) in [4.78, 5) is 0. The quantitative estimate of drug-likeness (QED) is 0.392. The van der Waals surface area contributed by atoms with Gasteiger partial charge in [0.2, 0.25) is 0 Å². The van der Waals surface area contributed by atoms with E-state index in [0.717, 1.165) is 23.1 Å². The lowest BCUT2D eigenvalue weighted by atomic mass is 9.67. The lowest BCUT2D eigenvalue weighted by molar-refractivity contribution is 0.189. The maximum absolute atomic E-state index is 6.26. The Morgan fingerprint density at radius 2 is 1.56 bits per heavy atom. The van der Waals surface area contributed by atoms with Crippen LogP contribution in [0.1, 0.15) is 45.2 Å². The minimum atomic E-state index is -0.514. The van der Waals surface area contributed by atoms with Crippen LogP contribution >= 0.6 is 0 Å². The van der Waals surface area contributed by atoms with Crippen LogP contribution in [0.3, 0.4) is 0 Å². The van der Waals surface area contributed by atoms with Crippen molar-refractivity contribution in [3.8, 4) is 0 Å². The largest absolute Gasteiger partial charge is 0.450 e. The zero-order valence-corrected chi connectivity index (χ0v) is 21.8. The number of benzene rings is 1. The maximum Gasteiger partial charge on any atom is 0.169 e. The fourth-order valence-corrected chi connectivity index (χ4v) is 5.60.